The molecule has 4 rings (SSSR count). The van der Waals surface area contributed by atoms with E-state index in [1.807, 2.05) is 30.1 Å². The number of likely N-dealkylation sites (tertiary alicyclic amines) is 2. The first-order valence-corrected chi connectivity index (χ1v) is 8.23. The number of piperidine rings is 1. The van der Waals surface area contributed by atoms with Gasteiger partial charge in [-0.1, -0.05) is 0 Å². The molecule has 0 aromatic carbocycles. The Hall–Kier alpha value is -2.08. The zero-order valence-corrected chi connectivity index (χ0v) is 13.4. The summed E-state index contributed by atoms with van der Waals surface area (Å²) < 4.78 is 5.91. The number of nitrogens with zero attached hydrogens (tertiary/aromatic N) is 3. The van der Waals surface area contributed by atoms with Crippen LogP contribution in [0, 0.1) is 5.41 Å². The van der Waals surface area contributed by atoms with Gasteiger partial charge in [0.2, 0.25) is 5.91 Å². The summed E-state index contributed by atoms with van der Waals surface area (Å²) >= 11 is 0. The maximum atomic E-state index is 12.6. The minimum atomic E-state index is -0.161. The van der Waals surface area contributed by atoms with Crippen molar-refractivity contribution in [1.82, 2.24) is 20.0 Å². The topological polar surface area (TPSA) is 65.4 Å². The first-order chi connectivity index (χ1) is 11.2. The smallest absolute Gasteiger partial charge is 0.229 e. The van der Waals surface area contributed by atoms with E-state index < -0.39 is 0 Å². The highest BCUT2D eigenvalue weighted by atomic mass is 16.3. The van der Waals surface area contributed by atoms with Gasteiger partial charge < -0.3 is 9.32 Å². The van der Waals surface area contributed by atoms with E-state index in [1.165, 1.54) is 0 Å². The number of carbonyl (C=O) groups excluding carboxylic acids is 1. The van der Waals surface area contributed by atoms with E-state index in [1.54, 1.807) is 6.20 Å². The fourth-order valence-electron chi connectivity index (χ4n) is 3.96. The zero-order valence-electron chi connectivity index (χ0n) is 13.4. The molecule has 2 saturated heterocycles. The summed E-state index contributed by atoms with van der Waals surface area (Å²) in [5.74, 6) is 2.06. The predicted octanol–water partition coefficient (Wildman–Crippen LogP) is 2.11. The van der Waals surface area contributed by atoms with Crippen molar-refractivity contribution in [2.45, 2.75) is 25.8 Å². The highest BCUT2D eigenvalue weighted by molar-refractivity contribution is 5.83. The molecule has 1 unspecified atom stereocenters. The Morgan fingerprint density at radius 2 is 2.22 bits per heavy atom. The Balaban J connectivity index is 1.44. The molecule has 122 valence electrons. The van der Waals surface area contributed by atoms with E-state index in [9.17, 15) is 4.79 Å². The number of carbonyl (C=O) groups is 1. The SMILES string of the molecule is CN1CCCC2(CCN(Cc3ccc(-c4ccn[nH]4)o3)C2)C1=O. The Kier molecular flexibility index (Phi) is 3.49. The van der Waals surface area contributed by atoms with E-state index in [-0.39, 0.29) is 5.41 Å². The molecule has 4 heterocycles. The summed E-state index contributed by atoms with van der Waals surface area (Å²) in [5, 5.41) is 6.86. The fourth-order valence-corrected chi connectivity index (χ4v) is 3.96. The highest BCUT2D eigenvalue weighted by Crippen LogP contribution is 2.40. The fraction of sp³-hybridized carbons (Fsp3) is 0.529. The third-order valence-electron chi connectivity index (χ3n) is 5.19. The summed E-state index contributed by atoms with van der Waals surface area (Å²) in [4.78, 5) is 16.8. The molecule has 0 aliphatic carbocycles. The van der Waals surface area contributed by atoms with Crippen molar-refractivity contribution in [3.8, 4) is 11.5 Å². The van der Waals surface area contributed by atoms with Crippen LogP contribution >= 0.6 is 0 Å². The summed E-state index contributed by atoms with van der Waals surface area (Å²) in [7, 11) is 1.93. The highest BCUT2D eigenvalue weighted by Gasteiger charge is 2.47. The van der Waals surface area contributed by atoms with Crippen LogP contribution in [-0.4, -0.2) is 52.6 Å². The van der Waals surface area contributed by atoms with Crippen LogP contribution in [0.25, 0.3) is 11.5 Å². The lowest BCUT2D eigenvalue weighted by Crippen LogP contribution is -2.48. The van der Waals surface area contributed by atoms with Crippen molar-refractivity contribution in [2.75, 3.05) is 26.7 Å². The second kappa shape index (κ2) is 5.53. The molecule has 6 nitrogen and oxygen atoms in total. The van der Waals surface area contributed by atoms with Crippen LogP contribution in [0.5, 0.6) is 0 Å². The monoisotopic (exact) mass is 314 g/mol. The van der Waals surface area contributed by atoms with Gasteiger partial charge in [-0.2, -0.15) is 5.10 Å². The molecule has 0 radical (unpaired) electrons. The van der Waals surface area contributed by atoms with Gasteiger partial charge in [-0.25, -0.2) is 0 Å². The van der Waals surface area contributed by atoms with Gasteiger partial charge in [0.15, 0.2) is 5.76 Å². The molecule has 2 aliphatic rings. The van der Waals surface area contributed by atoms with Crippen molar-refractivity contribution < 1.29 is 9.21 Å². The molecule has 2 aromatic rings. The van der Waals surface area contributed by atoms with Crippen LogP contribution in [0.2, 0.25) is 0 Å². The number of nitrogens with one attached hydrogen (secondary N) is 1. The predicted molar refractivity (Wildman–Crippen MR) is 85.5 cm³/mol. The molecule has 6 heteroatoms. The van der Waals surface area contributed by atoms with E-state index in [4.69, 9.17) is 4.42 Å². The molecular weight excluding hydrogens is 292 g/mol. The number of hydrogen-bond donors (Lipinski definition) is 1. The Labute approximate surface area is 135 Å². The molecule has 0 bridgehead atoms. The molecule has 0 saturated carbocycles. The number of furan rings is 1. The van der Waals surface area contributed by atoms with E-state index in [2.05, 4.69) is 15.1 Å². The van der Waals surface area contributed by atoms with Crippen molar-refractivity contribution in [3.05, 3.63) is 30.2 Å². The van der Waals surface area contributed by atoms with Crippen molar-refractivity contribution in [2.24, 2.45) is 5.41 Å². The van der Waals surface area contributed by atoms with E-state index >= 15 is 0 Å². The van der Waals surface area contributed by atoms with Crippen LogP contribution in [0.1, 0.15) is 25.0 Å². The van der Waals surface area contributed by atoms with Gasteiger partial charge >= 0.3 is 0 Å². The summed E-state index contributed by atoms with van der Waals surface area (Å²) in [6.45, 7) is 3.45. The van der Waals surface area contributed by atoms with Crippen LogP contribution in [0.4, 0.5) is 0 Å². The van der Waals surface area contributed by atoms with Crippen LogP contribution in [0.15, 0.2) is 28.8 Å². The number of H-pyrrole nitrogens is 1. The standard InChI is InChI=1S/C17H22N4O2/c1-20-9-2-6-17(16(20)22)7-10-21(12-17)11-13-3-4-15(23-13)14-5-8-18-19-14/h3-5,8H,2,6-7,9-12H2,1H3,(H,18,19). The summed E-state index contributed by atoms with van der Waals surface area (Å²) in [6.07, 6.45) is 4.81. The van der Waals surface area contributed by atoms with Gasteiger partial charge in [-0.05, 0) is 44.0 Å². The van der Waals surface area contributed by atoms with Gasteiger partial charge in [0.1, 0.15) is 11.5 Å². The Morgan fingerprint density at radius 1 is 1.30 bits per heavy atom. The molecule has 1 amide bonds. The number of hydrogen-bond acceptors (Lipinski definition) is 4. The molecule has 23 heavy (non-hydrogen) atoms. The van der Waals surface area contributed by atoms with Gasteiger partial charge in [-0.3, -0.25) is 14.8 Å². The van der Waals surface area contributed by atoms with Gasteiger partial charge in [0.05, 0.1) is 12.0 Å². The normalized spacial score (nSPS) is 25.6. The lowest BCUT2D eigenvalue weighted by molar-refractivity contribution is -0.144. The second-order valence-electron chi connectivity index (χ2n) is 6.81. The quantitative estimate of drug-likeness (QED) is 0.942. The minimum Gasteiger partial charge on any atom is -0.458 e. The van der Waals surface area contributed by atoms with Crippen LogP contribution in [0.3, 0.4) is 0 Å². The average molecular weight is 314 g/mol. The first kappa shape index (κ1) is 14.5. The summed E-state index contributed by atoms with van der Waals surface area (Å²) in [5.41, 5.74) is 0.726. The average Bonchev–Trinajstić information content (AvgIpc) is 3.26. The number of aromatic nitrogens is 2. The molecule has 1 atom stereocenters. The molecule has 1 spiro atoms. The first-order valence-electron chi connectivity index (χ1n) is 8.23. The number of rotatable bonds is 3. The lowest BCUT2D eigenvalue weighted by Gasteiger charge is -2.37. The van der Waals surface area contributed by atoms with Crippen molar-refractivity contribution in [1.29, 1.82) is 0 Å². The van der Waals surface area contributed by atoms with Gasteiger partial charge in [0.25, 0.3) is 0 Å². The molecule has 2 fully saturated rings. The maximum absolute atomic E-state index is 12.6. The third kappa shape index (κ3) is 2.57. The number of aromatic amines is 1. The second-order valence-corrected chi connectivity index (χ2v) is 6.81. The largest absolute Gasteiger partial charge is 0.458 e. The Bertz CT molecular complexity index is 693. The van der Waals surface area contributed by atoms with Crippen molar-refractivity contribution in [3.63, 3.8) is 0 Å². The molecule has 2 aliphatic heterocycles. The maximum Gasteiger partial charge on any atom is 0.229 e. The zero-order chi connectivity index (χ0) is 15.9. The summed E-state index contributed by atoms with van der Waals surface area (Å²) in [6, 6.07) is 5.87. The minimum absolute atomic E-state index is 0.161. The van der Waals surface area contributed by atoms with E-state index in [0.29, 0.717) is 5.91 Å². The molecule has 1 N–H and O–H groups in total. The Morgan fingerprint density at radius 3 is 3.04 bits per heavy atom. The third-order valence-corrected chi connectivity index (χ3v) is 5.19. The van der Waals surface area contributed by atoms with Gasteiger partial charge in [-0.15, -0.1) is 0 Å². The van der Waals surface area contributed by atoms with Crippen LogP contribution < -0.4 is 0 Å². The lowest BCUT2D eigenvalue weighted by atomic mass is 9.78. The van der Waals surface area contributed by atoms with E-state index in [0.717, 1.165) is 62.7 Å². The van der Waals surface area contributed by atoms with Gasteiger partial charge in [0, 0.05) is 26.3 Å². The molecule has 2 aromatic heterocycles. The van der Waals surface area contributed by atoms with Crippen LogP contribution in [-0.2, 0) is 11.3 Å². The number of amides is 1. The molecular formula is C17H22N4O2. The van der Waals surface area contributed by atoms with Crippen molar-refractivity contribution >= 4 is 5.91 Å².